The first-order valence-electron chi connectivity index (χ1n) is 10.1. The van der Waals surface area contributed by atoms with Crippen LogP contribution < -0.4 is 4.90 Å². The van der Waals surface area contributed by atoms with Gasteiger partial charge in [-0.25, -0.2) is 0 Å². The summed E-state index contributed by atoms with van der Waals surface area (Å²) >= 11 is 0. The van der Waals surface area contributed by atoms with E-state index in [1.165, 1.54) is 22.4 Å². The first-order valence-corrected chi connectivity index (χ1v) is 12.1. The van der Waals surface area contributed by atoms with Crippen LogP contribution in [0.1, 0.15) is 43.9 Å². The molecule has 1 heterocycles. The second-order valence-corrected chi connectivity index (χ2v) is 9.79. The molecule has 1 aromatic rings. The topological polar surface area (TPSA) is 34.2 Å². The molecule has 1 aliphatic rings. The standard InChI is InChI=1S/C21H36N2O3Si.ClH/c1-7-24-27(25-8-2,26-9-3)14-10-11-22-12-13-23(17-22)21-19(5)15-18(4)16-20(21)6;/h12-13,15-16H,7-11,14,17H2,1-6H3;1H. The first-order chi connectivity index (χ1) is 12.9. The van der Waals surface area contributed by atoms with Crippen LogP contribution in [0.2, 0.25) is 6.04 Å². The molecule has 0 spiro atoms. The van der Waals surface area contributed by atoms with Crippen LogP contribution in [0, 0.1) is 20.8 Å². The van der Waals surface area contributed by atoms with Crippen LogP contribution in [0.4, 0.5) is 5.69 Å². The van der Waals surface area contributed by atoms with Gasteiger partial charge >= 0.3 is 8.80 Å². The number of anilines is 1. The molecule has 0 saturated heterocycles. The highest BCUT2D eigenvalue weighted by Gasteiger charge is 2.39. The average Bonchev–Trinajstić information content (AvgIpc) is 3.03. The summed E-state index contributed by atoms with van der Waals surface area (Å²) in [4.78, 5) is 4.68. The second-order valence-electron chi connectivity index (χ2n) is 7.05. The highest BCUT2D eigenvalue weighted by Crippen LogP contribution is 2.29. The molecule has 0 saturated carbocycles. The Balaban J connectivity index is 0.00000392. The summed E-state index contributed by atoms with van der Waals surface area (Å²) in [6, 6.07) is 5.37. The molecule has 0 amide bonds. The van der Waals surface area contributed by atoms with Crippen LogP contribution in [-0.2, 0) is 13.3 Å². The van der Waals surface area contributed by atoms with Crippen molar-refractivity contribution in [3.8, 4) is 0 Å². The van der Waals surface area contributed by atoms with Crippen molar-refractivity contribution in [2.45, 2.75) is 54.0 Å². The van der Waals surface area contributed by atoms with Gasteiger partial charge < -0.3 is 23.1 Å². The molecule has 5 nitrogen and oxygen atoms in total. The predicted octanol–water partition coefficient (Wildman–Crippen LogP) is 5.02. The fourth-order valence-corrected chi connectivity index (χ4v) is 6.47. The van der Waals surface area contributed by atoms with E-state index in [0.29, 0.717) is 19.8 Å². The van der Waals surface area contributed by atoms with E-state index in [4.69, 9.17) is 13.3 Å². The molecule has 0 aromatic heterocycles. The lowest BCUT2D eigenvalue weighted by atomic mass is 10.0. The quantitative estimate of drug-likeness (QED) is 0.462. The molecule has 160 valence electrons. The Kier molecular flexibility index (Phi) is 10.6. The molecule has 0 atom stereocenters. The zero-order valence-electron chi connectivity index (χ0n) is 18.3. The number of halogens is 1. The Labute approximate surface area is 178 Å². The molecule has 0 aliphatic carbocycles. The molecule has 7 heteroatoms. The maximum absolute atomic E-state index is 5.96. The largest absolute Gasteiger partial charge is 0.500 e. The molecule has 0 radical (unpaired) electrons. The van der Waals surface area contributed by atoms with Crippen molar-refractivity contribution in [3.05, 3.63) is 41.2 Å². The average molecular weight is 429 g/mol. The zero-order valence-corrected chi connectivity index (χ0v) is 20.1. The van der Waals surface area contributed by atoms with E-state index in [0.717, 1.165) is 25.7 Å². The van der Waals surface area contributed by atoms with Gasteiger partial charge in [-0.2, -0.15) is 0 Å². The van der Waals surface area contributed by atoms with Gasteiger partial charge in [-0.3, -0.25) is 0 Å². The molecular weight excluding hydrogens is 392 g/mol. The Bertz CT molecular complexity index is 602. The van der Waals surface area contributed by atoms with Crippen LogP contribution in [0.25, 0.3) is 0 Å². The van der Waals surface area contributed by atoms with Crippen molar-refractivity contribution in [2.75, 3.05) is 37.9 Å². The minimum atomic E-state index is -2.54. The summed E-state index contributed by atoms with van der Waals surface area (Å²) in [6.45, 7) is 16.3. The van der Waals surface area contributed by atoms with Gasteiger partial charge in [0.25, 0.3) is 0 Å². The van der Waals surface area contributed by atoms with Crippen molar-refractivity contribution in [2.24, 2.45) is 0 Å². The molecular formula is C21H37ClN2O3Si. The van der Waals surface area contributed by atoms with E-state index in [1.54, 1.807) is 0 Å². The van der Waals surface area contributed by atoms with Crippen LogP contribution in [0.15, 0.2) is 24.5 Å². The molecule has 1 aromatic carbocycles. The third-order valence-electron chi connectivity index (χ3n) is 4.74. The van der Waals surface area contributed by atoms with E-state index >= 15 is 0 Å². The monoisotopic (exact) mass is 428 g/mol. The van der Waals surface area contributed by atoms with E-state index in [-0.39, 0.29) is 12.4 Å². The lowest BCUT2D eigenvalue weighted by Crippen LogP contribution is -2.46. The third kappa shape index (κ3) is 6.49. The normalized spacial score (nSPS) is 13.9. The fourth-order valence-electron chi connectivity index (χ4n) is 3.88. The minimum absolute atomic E-state index is 0. The Morgan fingerprint density at radius 2 is 1.43 bits per heavy atom. The van der Waals surface area contributed by atoms with Gasteiger partial charge in [0.05, 0.1) is 6.67 Å². The summed E-state index contributed by atoms with van der Waals surface area (Å²) in [7, 11) is -2.54. The third-order valence-corrected chi connectivity index (χ3v) is 7.89. The molecule has 2 rings (SSSR count). The molecule has 1 aliphatic heterocycles. The Morgan fingerprint density at radius 1 is 0.893 bits per heavy atom. The summed E-state index contributed by atoms with van der Waals surface area (Å²) in [5, 5.41) is 0. The molecule has 0 unspecified atom stereocenters. The molecule has 0 fully saturated rings. The van der Waals surface area contributed by atoms with Crippen molar-refractivity contribution in [1.82, 2.24) is 4.90 Å². The van der Waals surface area contributed by atoms with Gasteiger partial charge in [-0.05, 0) is 59.1 Å². The van der Waals surface area contributed by atoms with Crippen molar-refractivity contribution < 1.29 is 13.3 Å². The SMILES string of the molecule is CCO[Si](CCCN1C=CN(c2c(C)cc(C)cc2C)C1)(OCC)OCC.Cl. The van der Waals surface area contributed by atoms with Crippen molar-refractivity contribution >= 4 is 26.9 Å². The van der Waals surface area contributed by atoms with Gasteiger partial charge in [-0.15, -0.1) is 12.4 Å². The lowest BCUT2D eigenvalue weighted by Gasteiger charge is -2.29. The Hall–Kier alpha value is -1.05. The maximum atomic E-state index is 5.96. The first kappa shape index (κ1) is 25.0. The molecule has 28 heavy (non-hydrogen) atoms. The number of aryl methyl sites for hydroxylation is 3. The van der Waals surface area contributed by atoms with Crippen LogP contribution in [0.5, 0.6) is 0 Å². The number of hydrogen-bond acceptors (Lipinski definition) is 5. The van der Waals surface area contributed by atoms with Gasteiger partial charge in [0.2, 0.25) is 0 Å². The van der Waals surface area contributed by atoms with E-state index in [9.17, 15) is 0 Å². The van der Waals surface area contributed by atoms with Crippen molar-refractivity contribution in [3.63, 3.8) is 0 Å². The zero-order chi connectivity index (χ0) is 19.9. The van der Waals surface area contributed by atoms with Crippen LogP contribution in [0.3, 0.4) is 0 Å². The lowest BCUT2D eigenvalue weighted by molar-refractivity contribution is 0.0703. The van der Waals surface area contributed by atoms with Gasteiger partial charge in [0.15, 0.2) is 0 Å². The smallest absolute Gasteiger partial charge is 0.374 e. The summed E-state index contributed by atoms with van der Waals surface area (Å²) < 4.78 is 17.9. The molecule has 0 N–H and O–H groups in total. The van der Waals surface area contributed by atoms with Crippen molar-refractivity contribution in [1.29, 1.82) is 0 Å². The van der Waals surface area contributed by atoms with E-state index in [2.05, 4.69) is 55.1 Å². The summed E-state index contributed by atoms with van der Waals surface area (Å²) in [5.41, 5.74) is 5.29. The number of hydrogen-bond donors (Lipinski definition) is 0. The Morgan fingerprint density at radius 3 is 1.93 bits per heavy atom. The highest BCUT2D eigenvalue weighted by atomic mass is 35.5. The van der Waals surface area contributed by atoms with E-state index in [1.807, 2.05) is 20.8 Å². The highest BCUT2D eigenvalue weighted by molar-refractivity contribution is 6.60. The molecule has 0 bridgehead atoms. The van der Waals surface area contributed by atoms with E-state index < -0.39 is 8.80 Å². The minimum Gasteiger partial charge on any atom is -0.374 e. The maximum Gasteiger partial charge on any atom is 0.500 e. The fraction of sp³-hybridized carbons (Fsp3) is 0.619. The van der Waals surface area contributed by atoms with Crippen LogP contribution in [-0.4, -0.2) is 46.7 Å². The van der Waals surface area contributed by atoms with Crippen LogP contribution >= 0.6 is 12.4 Å². The number of benzene rings is 1. The summed E-state index contributed by atoms with van der Waals surface area (Å²) in [5.74, 6) is 0. The predicted molar refractivity (Wildman–Crippen MR) is 121 cm³/mol. The summed E-state index contributed by atoms with van der Waals surface area (Å²) in [6.07, 6.45) is 5.36. The van der Waals surface area contributed by atoms with Gasteiger partial charge in [0.1, 0.15) is 0 Å². The number of nitrogens with zero attached hydrogens (tertiary/aromatic N) is 2. The van der Waals surface area contributed by atoms with Gasteiger partial charge in [0, 0.05) is 50.5 Å². The number of rotatable bonds is 11. The second kappa shape index (κ2) is 11.8. The van der Waals surface area contributed by atoms with Gasteiger partial charge in [-0.1, -0.05) is 17.7 Å².